The summed E-state index contributed by atoms with van der Waals surface area (Å²) in [6.07, 6.45) is 0. The maximum absolute atomic E-state index is 13.4. The summed E-state index contributed by atoms with van der Waals surface area (Å²) in [5.41, 5.74) is 1.85. The second kappa shape index (κ2) is 19.9. The van der Waals surface area contributed by atoms with Crippen molar-refractivity contribution in [2.75, 3.05) is 39.3 Å². The van der Waals surface area contributed by atoms with Crippen LogP contribution in [0.2, 0.25) is 0 Å². The molecule has 3 aromatic carbocycles. The molecule has 7 rings (SSSR count). The molecule has 0 bridgehead atoms. The maximum atomic E-state index is 13.4. The fraction of sp³-hybridized carbons (Fsp3) is 0.214. The minimum Gasteiger partial charge on any atom is -0.792 e. The Balaban J connectivity index is 0.00000567. The van der Waals surface area contributed by atoms with Gasteiger partial charge in [0.05, 0.1) is 55.5 Å². The van der Waals surface area contributed by atoms with E-state index in [2.05, 4.69) is 29.7 Å². The standard InChI is InChI=1S/C42H45N6O6P3.Ho/c49-55(50,37-16-4-1-5-17-37)40-22-10-13-34(43-40)31-46-25-27-47(32-35-14-11-23-41(44-35)56(51,52)38-18-6-2-7-19-38)29-30-48(28-26-46)33-36-15-12-24-42(45-36)57(53,54)39-20-8-3-9-21-39;/h1-24H,25-33H2,(H,49,50)(H,51,52)(H,53,54);/q;+3/p-3. The molecule has 0 saturated carbocycles. The SMILES string of the molecule is O=P([O-])(c1ccccc1)c1cccc(CN2CCN(Cc3cccc(P(=O)([O-])c4ccccc4)n3)CCN(Cc3cccc(P(=O)([O-])c4ccccc4)n3)CC2)n1.[Ho+3]. The first-order valence-corrected chi connectivity index (χ1v) is 23.5. The summed E-state index contributed by atoms with van der Waals surface area (Å²) in [6, 6.07) is 40.0. The number of pyridine rings is 3. The molecule has 1 aliphatic rings. The van der Waals surface area contributed by atoms with Crippen molar-refractivity contribution in [2.24, 2.45) is 0 Å². The van der Waals surface area contributed by atoms with Crippen molar-refractivity contribution in [1.29, 1.82) is 0 Å². The molecule has 3 aromatic heterocycles. The van der Waals surface area contributed by atoms with Crippen molar-refractivity contribution < 1.29 is 66.1 Å². The van der Waals surface area contributed by atoms with Gasteiger partial charge in [0.25, 0.3) is 0 Å². The van der Waals surface area contributed by atoms with Crippen molar-refractivity contribution >= 4 is 54.3 Å². The van der Waals surface area contributed by atoms with E-state index in [1.54, 1.807) is 109 Å². The quantitative estimate of drug-likeness (QED) is 0.128. The van der Waals surface area contributed by atoms with Crippen molar-refractivity contribution in [2.45, 2.75) is 19.6 Å². The summed E-state index contributed by atoms with van der Waals surface area (Å²) < 4.78 is 40.3. The van der Waals surface area contributed by atoms with Gasteiger partial charge in [-0.15, -0.1) is 0 Å². The van der Waals surface area contributed by atoms with Gasteiger partial charge < -0.3 is 28.4 Å². The Morgan fingerprint density at radius 2 is 0.621 bits per heavy atom. The van der Waals surface area contributed by atoms with E-state index in [-0.39, 0.29) is 70.0 Å². The van der Waals surface area contributed by atoms with Gasteiger partial charge in [-0.3, -0.25) is 14.7 Å². The van der Waals surface area contributed by atoms with Gasteiger partial charge in [-0.1, -0.05) is 109 Å². The molecule has 0 radical (unpaired) electrons. The zero-order chi connectivity index (χ0) is 39.9. The zero-order valence-electron chi connectivity index (χ0n) is 31.5. The van der Waals surface area contributed by atoms with Crippen LogP contribution >= 0.6 is 22.1 Å². The monoisotopic (exact) mass is 984 g/mol. The molecule has 4 heterocycles. The van der Waals surface area contributed by atoms with Crippen molar-refractivity contribution in [1.82, 2.24) is 29.7 Å². The van der Waals surface area contributed by atoms with Crippen LogP contribution in [0, 0.1) is 37.7 Å². The van der Waals surface area contributed by atoms with Gasteiger partial charge in [0.15, 0.2) is 0 Å². The normalized spacial score (nSPS) is 17.6. The largest absolute Gasteiger partial charge is 3.00 e. The molecule has 6 aromatic rings. The number of benzene rings is 3. The molecule has 12 nitrogen and oxygen atoms in total. The molecule has 3 atom stereocenters. The van der Waals surface area contributed by atoms with E-state index < -0.39 is 22.1 Å². The molecule has 3 unspecified atom stereocenters. The van der Waals surface area contributed by atoms with E-state index >= 15 is 0 Å². The van der Waals surface area contributed by atoms with E-state index in [1.165, 1.54) is 18.2 Å². The summed E-state index contributed by atoms with van der Waals surface area (Å²) in [7, 11) is -12.5. The van der Waals surface area contributed by atoms with E-state index in [9.17, 15) is 28.4 Å². The van der Waals surface area contributed by atoms with Gasteiger partial charge in [-0.2, -0.15) is 0 Å². The predicted octanol–water partition coefficient (Wildman–Crippen LogP) is 1.46. The third-order valence-electron chi connectivity index (χ3n) is 9.92. The first kappa shape index (κ1) is 44.4. The Hall–Kier alpha value is -3.18. The molecule has 1 fully saturated rings. The number of nitrogens with zero attached hydrogens (tertiary/aromatic N) is 6. The number of aromatic nitrogens is 3. The summed E-state index contributed by atoms with van der Waals surface area (Å²) in [5.74, 6) is 0. The fourth-order valence-corrected chi connectivity index (χ4v) is 10.9. The van der Waals surface area contributed by atoms with Gasteiger partial charge in [-0.25, -0.2) is 15.0 Å². The van der Waals surface area contributed by atoms with Crippen LogP contribution in [0.5, 0.6) is 0 Å². The van der Waals surface area contributed by atoms with Crippen LogP contribution in [-0.4, -0.2) is 68.9 Å². The van der Waals surface area contributed by atoms with Gasteiger partial charge in [0.2, 0.25) is 0 Å². The van der Waals surface area contributed by atoms with Crippen LogP contribution in [-0.2, 0) is 33.3 Å². The molecule has 0 spiro atoms. The van der Waals surface area contributed by atoms with E-state index in [0.717, 1.165) is 0 Å². The average Bonchev–Trinajstić information content (AvgIpc) is 3.33. The van der Waals surface area contributed by atoms with Crippen molar-refractivity contribution in [3.05, 3.63) is 163 Å². The van der Waals surface area contributed by atoms with Crippen LogP contribution in [0.4, 0.5) is 0 Å². The zero-order valence-corrected chi connectivity index (χ0v) is 36.1. The average molecular weight is 985 g/mol. The fourth-order valence-electron chi connectivity index (χ4n) is 6.77. The molecular weight excluding hydrogens is 942 g/mol. The summed E-state index contributed by atoms with van der Waals surface area (Å²) in [4.78, 5) is 60.8. The van der Waals surface area contributed by atoms with Crippen LogP contribution < -0.4 is 46.9 Å². The minimum absolute atomic E-state index is 0. The Bertz CT molecular complexity index is 2150. The maximum Gasteiger partial charge on any atom is 3.00 e. The molecule has 1 aliphatic heterocycles. The Kier molecular flexibility index (Phi) is 15.2. The van der Waals surface area contributed by atoms with Crippen LogP contribution in [0.25, 0.3) is 0 Å². The first-order valence-electron chi connectivity index (χ1n) is 18.6. The molecular formula is C42H42HoN6O6P3. The van der Waals surface area contributed by atoms with Crippen LogP contribution in [0.3, 0.4) is 0 Å². The minimum atomic E-state index is -4.16. The van der Waals surface area contributed by atoms with E-state index in [4.69, 9.17) is 0 Å². The second-order valence-corrected chi connectivity index (χ2v) is 20.2. The van der Waals surface area contributed by atoms with Gasteiger partial charge in [0.1, 0.15) is 0 Å². The van der Waals surface area contributed by atoms with Crippen molar-refractivity contribution in [3.63, 3.8) is 0 Å². The molecule has 0 aliphatic carbocycles. The van der Waals surface area contributed by atoms with E-state index in [0.29, 0.717) is 76.0 Å². The molecule has 302 valence electrons. The molecule has 0 N–H and O–H groups in total. The topological polar surface area (TPSA) is 169 Å². The number of rotatable bonds is 12. The van der Waals surface area contributed by atoms with Gasteiger partial charge in [0, 0.05) is 74.8 Å². The predicted molar refractivity (Wildman–Crippen MR) is 218 cm³/mol. The van der Waals surface area contributed by atoms with Gasteiger partial charge >= 0.3 is 37.7 Å². The summed E-state index contributed by atoms with van der Waals surface area (Å²) in [6.45, 7) is 4.84. The number of hydrogen-bond acceptors (Lipinski definition) is 12. The van der Waals surface area contributed by atoms with Crippen molar-refractivity contribution in [3.8, 4) is 0 Å². The molecule has 16 heteroatoms. The van der Waals surface area contributed by atoms with Crippen LogP contribution in [0.15, 0.2) is 146 Å². The summed E-state index contributed by atoms with van der Waals surface area (Å²) in [5, 5.41) is 0.606. The first-order chi connectivity index (χ1) is 27.5. The third kappa shape index (κ3) is 10.9. The second-order valence-electron chi connectivity index (χ2n) is 14.0. The summed E-state index contributed by atoms with van der Waals surface area (Å²) >= 11 is 0. The Labute approximate surface area is 369 Å². The van der Waals surface area contributed by atoms with Crippen LogP contribution in [0.1, 0.15) is 17.1 Å². The Morgan fingerprint density at radius 3 is 0.862 bits per heavy atom. The van der Waals surface area contributed by atoms with Gasteiger partial charge in [-0.05, 0) is 36.4 Å². The smallest absolute Gasteiger partial charge is 0.792 e. The molecule has 0 amide bonds. The Morgan fingerprint density at radius 1 is 0.379 bits per heavy atom. The third-order valence-corrected chi connectivity index (χ3v) is 15.4. The number of hydrogen-bond donors (Lipinski definition) is 0. The van der Waals surface area contributed by atoms with E-state index in [1.807, 2.05) is 18.2 Å². The molecule has 1 saturated heterocycles. The molecule has 58 heavy (non-hydrogen) atoms.